The second-order valence-electron chi connectivity index (χ2n) is 8.71. The minimum absolute atomic E-state index is 0.0226. The van der Waals surface area contributed by atoms with E-state index in [1.165, 1.54) is 11.1 Å². The van der Waals surface area contributed by atoms with Gasteiger partial charge in [0.2, 0.25) is 5.72 Å². The van der Waals surface area contributed by atoms with Gasteiger partial charge in [-0.1, -0.05) is 53.7 Å². The Morgan fingerprint density at radius 2 is 2.10 bits per heavy atom. The highest BCUT2D eigenvalue weighted by Gasteiger charge is 2.48. The fourth-order valence-electron chi connectivity index (χ4n) is 4.51. The molecule has 0 unspecified atom stereocenters. The third kappa shape index (κ3) is 4.06. The van der Waals surface area contributed by atoms with Crippen molar-refractivity contribution in [2.24, 2.45) is 4.99 Å². The molecule has 2 aromatic carbocycles. The number of amidine groups is 1. The number of phenols is 1. The number of hydrogen-bond acceptors (Lipinski definition) is 5. The Bertz CT molecular complexity index is 1020. The van der Waals surface area contributed by atoms with Gasteiger partial charge in [0, 0.05) is 41.7 Å². The summed E-state index contributed by atoms with van der Waals surface area (Å²) >= 11 is 7.91. The Labute approximate surface area is 187 Å². The quantitative estimate of drug-likeness (QED) is 0.571. The summed E-state index contributed by atoms with van der Waals surface area (Å²) in [6.45, 7) is 10.3. The summed E-state index contributed by atoms with van der Waals surface area (Å²) in [5, 5.41) is 15.0. The Morgan fingerprint density at radius 1 is 1.33 bits per heavy atom. The molecular formula is C24H27ClN2O2S. The molecule has 0 radical (unpaired) electrons. The molecule has 2 aliphatic rings. The monoisotopic (exact) mass is 442 g/mol. The first-order valence-corrected chi connectivity index (χ1v) is 11.5. The van der Waals surface area contributed by atoms with Gasteiger partial charge in [-0.2, -0.15) is 0 Å². The van der Waals surface area contributed by atoms with Crippen molar-refractivity contribution in [1.29, 1.82) is 0 Å². The SMILES string of the molecule is C=CCSC1=N[C@]2(C[C@H](c3ccccc3C)c3cc(Cl)c(O)cc3O2)CC(C)(C)N1. The highest BCUT2D eigenvalue weighted by molar-refractivity contribution is 8.13. The maximum Gasteiger partial charge on any atom is 0.206 e. The molecule has 0 bridgehead atoms. The van der Waals surface area contributed by atoms with Crippen LogP contribution in [-0.4, -0.2) is 27.3 Å². The highest BCUT2D eigenvalue weighted by atomic mass is 35.5. The number of hydrogen-bond donors (Lipinski definition) is 2. The second-order valence-corrected chi connectivity index (χ2v) is 10.1. The molecule has 2 aliphatic heterocycles. The summed E-state index contributed by atoms with van der Waals surface area (Å²) in [4.78, 5) is 5.05. The number of nitrogens with one attached hydrogen (secondary N) is 1. The Kier molecular flexibility index (Phi) is 5.54. The van der Waals surface area contributed by atoms with Crippen molar-refractivity contribution < 1.29 is 9.84 Å². The third-order valence-corrected chi connectivity index (χ3v) is 6.82. The van der Waals surface area contributed by atoms with Gasteiger partial charge in [0.25, 0.3) is 0 Å². The lowest BCUT2D eigenvalue weighted by Crippen LogP contribution is -2.57. The van der Waals surface area contributed by atoms with Crippen molar-refractivity contribution in [1.82, 2.24) is 5.32 Å². The van der Waals surface area contributed by atoms with E-state index < -0.39 is 5.72 Å². The molecule has 30 heavy (non-hydrogen) atoms. The van der Waals surface area contributed by atoms with Gasteiger partial charge in [0.05, 0.1) is 5.02 Å². The van der Waals surface area contributed by atoms with Gasteiger partial charge in [-0.25, -0.2) is 4.99 Å². The number of nitrogens with zero attached hydrogens (tertiary/aromatic N) is 1. The highest BCUT2D eigenvalue weighted by Crippen LogP contribution is 2.51. The molecule has 2 heterocycles. The van der Waals surface area contributed by atoms with Gasteiger partial charge in [-0.15, -0.1) is 6.58 Å². The van der Waals surface area contributed by atoms with Crippen molar-refractivity contribution in [2.75, 3.05) is 5.75 Å². The summed E-state index contributed by atoms with van der Waals surface area (Å²) in [5.74, 6) is 1.50. The lowest BCUT2D eigenvalue weighted by molar-refractivity contribution is 0.0133. The topological polar surface area (TPSA) is 53.9 Å². The van der Waals surface area contributed by atoms with Crippen LogP contribution in [0.1, 0.15) is 49.3 Å². The van der Waals surface area contributed by atoms with Gasteiger partial charge >= 0.3 is 0 Å². The lowest BCUT2D eigenvalue weighted by Gasteiger charge is -2.47. The van der Waals surface area contributed by atoms with E-state index in [9.17, 15) is 5.11 Å². The van der Waals surface area contributed by atoms with Gasteiger partial charge in [0.1, 0.15) is 11.5 Å². The first-order valence-electron chi connectivity index (χ1n) is 10.1. The fourth-order valence-corrected chi connectivity index (χ4v) is 5.54. The van der Waals surface area contributed by atoms with Crippen LogP contribution in [0.3, 0.4) is 0 Å². The molecule has 2 N–H and O–H groups in total. The number of rotatable bonds is 3. The molecule has 4 rings (SSSR count). The molecule has 0 aromatic heterocycles. The van der Waals surface area contributed by atoms with Crippen LogP contribution in [0.4, 0.5) is 0 Å². The average molecular weight is 443 g/mol. The summed E-state index contributed by atoms with van der Waals surface area (Å²) in [5.41, 5.74) is 2.53. The molecule has 2 aromatic rings. The van der Waals surface area contributed by atoms with Crippen LogP contribution < -0.4 is 10.1 Å². The van der Waals surface area contributed by atoms with Crippen molar-refractivity contribution in [3.63, 3.8) is 0 Å². The first-order chi connectivity index (χ1) is 14.2. The Hall–Kier alpha value is -2.11. The van der Waals surface area contributed by atoms with E-state index in [2.05, 4.69) is 56.9 Å². The predicted molar refractivity (Wildman–Crippen MR) is 126 cm³/mol. The number of aryl methyl sites for hydroxylation is 1. The van der Waals surface area contributed by atoms with Crippen LogP contribution in [0.25, 0.3) is 0 Å². The second kappa shape index (κ2) is 7.86. The maximum atomic E-state index is 10.3. The van der Waals surface area contributed by atoms with Crippen molar-refractivity contribution >= 4 is 28.5 Å². The zero-order valence-corrected chi connectivity index (χ0v) is 19.1. The lowest BCUT2D eigenvalue weighted by atomic mass is 9.77. The zero-order chi connectivity index (χ0) is 21.5. The smallest absolute Gasteiger partial charge is 0.206 e. The number of aromatic hydroxyl groups is 1. The molecule has 0 fully saturated rings. The molecule has 0 saturated heterocycles. The third-order valence-electron chi connectivity index (χ3n) is 5.65. The largest absolute Gasteiger partial charge is 0.506 e. The maximum absolute atomic E-state index is 10.3. The van der Waals surface area contributed by atoms with Gasteiger partial charge < -0.3 is 15.2 Å². The standard InChI is InChI=1S/C24H27ClN2O2S/c1-5-10-30-22-26-23(3,4)14-24(27-22)13-18(16-9-7-6-8-15(16)2)17-11-19(25)20(28)12-21(17)29-24/h5-9,11-12,18,28H,1,10,13-14H2,2-4H3,(H,26,27)/t18-,24+/m1/s1. The summed E-state index contributed by atoms with van der Waals surface area (Å²) in [6, 6.07) is 11.9. The summed E-state index contributed by atoms with van der Waals surface area (Å²) in [6.07, 6.45) is 3.29. The van der Waals surface area contributed by atoms with E-state index >= 15 is 0 Å². The number of phenolic OH excluding ortho intramolecular Hbond substituents is 1. The number of benzene rings is 2. The van der Waals surface area contributed by atoms with E-state index in [0.717, 1.165) is 16.5 Å². The normalized spacial score (nSPS) is 24.4. The molecule has 2 atom stereocenters. The van der Waals surface area contributed by atoms with E-state index in [1.807, 2.05) is 12.1 Å². The number of fused-ring (bicyclic) bond motifs is 1. The van der Waals surface area contributed by atoms with Gasteiger partial charge in [-0.3, -0.25) is 0 Å². The van der Waals surface area contributed by atoms with E-state index in [-0.39, 0.29) is 17.2 Å². The molecule has 0 aliphatic carbocycles. The van der Waals surface area contributed by atoms with Crippen LogP contribution in [0.2, 0.25) is 5.02 Å². The van der Waals surface area contributed by atoms with E-state index in [0.29, 0.717) is 23.6 Å². The molecule has 6 heteroatoms. The van der Waals surface area contributed by atoms with Crippen LogP contribution in [0, 0.1) is 6.92 Å². The molecular weight excluding hydrogens is 416 g/mol. The van der Waals surface area contributed by atoms with Crippen LogP contribution in [0.15, 0.2) is 54.0 Å². The van der Waals surface area contributed by atoms with Crippen molar-refractivity contribution in [3.05, 3.63) is 70.8 Å². The number of ether oxygens (including phenoxy) is 1. The Balaban J connectivity index is 1.86. The first kappa shape index (κ1) is 21.1. The van der Waals surface area contributed by atoms with Crippen LogP contribution >= 0.6 is 23.4 Å². The van der Waals surface area contributed by atoms with E-state index in [1.54, 1.807) is 17.8 Å². The zero-order valence-electron chi connectivity index (χ0n) is 17.5. The summed E-state index contributed by atoms with van der Waals surface area (Å²) < 4.78 is 6.55. The van der Waals surface area contributed by atoms with Crippen molar-refractivity contribution in [2.45, 2.75) is 50.8 Å². The van der Waals surface area contributed by atoms with Crippen molar-refractivity contribution in [3.8, 4) is 11.5 Å². The van der Waals surface area contributed by atoms with Gasteiger partial charge in [0.15, 0.2) is 5.17 Å². The number of aliphatic imine (C=N–C) groups is 1. The predicted octanol–water partition coefficient (Wildman–Crippen LogP) is 6.01. The van der Waals surface area contributed by atoms with Gasteiger partial charge in [-0.05, 0) is 38.0 Å². The summed E-state index contributed by atoms with van der Waals surface area (Å²) in [7, 11) is 0. The number of halogens is 1. The Morgan fingerprint density at radius 3 is 2.83 bits per heavy atom. The molecule has 0 saturated carbocycles. The van der Waals surface area contributed by atoms with Crippen LogP contribution in [0.5, 0.6) is 11.5 Å². The fraction of sp³-hybridized carbons (Fsp3) is 0.375. The minimum Gasteiger partial charge on any atom is -0.506 e. The molecule has 158 valence electrons. The molecule has 4 nitrogen and oxygen atoms in total. The number of thioether (sulfide) groups is 1. The van der Waals surface area contributed by atoms with E-state index in [4.69, 9.17) is 21.3 Å². The molecule has 1 spiro atoms. The minimum atomic E-state index is -0.724. The van der Waals surface area contributed by atoms with Crippen LogP contribution in [-0.2, 0) is 0 Å². The average Bonchev–Trinajstić information content (AvgIpc) is 2.66. The molecule has 0 amide bonds.